The highest BCUT2D eigenvalue weighted by atomic mass is 19.1. The van der Waals surface area contributed by atoms with Gasteiger partial charge in [0.2, 0.25) is 0 Å². The van der Waals surface area contributed by atoms with Crippen molar-refractivity contribution in [1.29, 1.82) is 0 Å². The lowest BCUT2D eigenvalue weighted by molar-refractivity contribution is 0.0939. The maximum Gasteiger partial charge on any atom is 0.258 e. The van der Waals surface area contributed by atoms with Gasteiger partial charge in [0.15, 0.2) is 0 Å². The number of halogens is 1. The molecule has 1 aromatic carbocycles. The Hall–Kier alpha value is -1.58. The van der Waals surface area contributed by atoms with E-state index in [9.17, 15) is 14.3 Å². The average molecular weight is 237 g/mol. The van der Waals surface area contributed by atoms with E-state index in [-0.39, 0.29) is 11.3 Å². The molecule has 3 nitrogen and oxygen atoms in total. The van der Waals surface area contributed by atoms with Crippen LogP contribution < -0.4 is 5.32 Å². The van der Waals surface area contributed by atoms with E-state index in [1.54, 1.807) is 0 Å². The first-order chi connectivity index (χ1) is 8.09. The molecular weight excluding hydrogens is 221 g/mol. The van der Waals surface area contributed by atoms with Crippen molar-refractivity contribution in [3.8, 4) is 5.75 Å². The van der Waals surface area contributed by atoms with Crippen molar-refractivity contribution in [3.63, 3.8) is 0 Å². The molecule has 0 saturated heterocycles. The quantitative estimate of drug-likeness (QED) is 0.844. The molecule has 1 saturated carbocycles. The number of hydrogen-bond acceptors (Lipinski definition) is 2. The molecule has 1 amide bonds. The third-order valence-electron chi connectivity index (χ3n) is 3.23. The molecular formula is C13H16FNO2. The minimum absolute atomic E-state index is 0.268. The Labute approximate surface area is 99.7 Å². The number of phenolic OH excluding ortho intramolecular Hbond substituents is 1. The van der Waals surface area contributed by atoms with Gasteiger partial charge in [-0.1, -0.05) is 13.0 Å². The molecule has 1 aromatic rings. The standard InChI is InChI=1S/C13H16FNO2/c1-8(9-5-6-9)7-15-13(17)12-10(14)3-2-4-11(12)16/h2-4,8-9,16H,5-7H2,1H3,(H,15,17). The molecule has 0 radical (unpaired) electrons. The Balaban J connectivity index is 1.99. The lowest BCUT2D eigenvalue weighted by atomic mass is 10.1. The zero-order valence-electron chi connectivity index (χ0n) is 9.74. The van der Waals surface area contributed by atoms with Gasteiger partial charge in [-0.15, -0.1) is 0 Å². The number of hydrogen-bond donors (Lipinski definition) is 2. The van der Waals surface area contributed by atoms with Crippen LogP contribution in [-0.4, -0.2) is 17.6 Å². The van der Waals surface area contributed by atoms with Crippen LogP contribution in [0.5, 0.6) is 5.75 Å². The van der Waals surface area contributed by atoms with Gasteiger partial charge in [-0.3, -0.25) is 4.79 Å². The second-order valence-electron chi connectivity index (χ2n) is 4.66. The van der Waals surface area contributed by atoms with E-state index < -0.39 is 11.7 Å². The van der Waals surface area contributed by atoms with Gasteiger partial charge in [-0.05, 0) is 36.8 Å². The maximum absolute atomic E-state index is 13.4. The highest BCUT2D eigenvalue weighted by molar-refractivity contribution is 5.97. The molecule has 0 spiro atoms. The molecule has 1 fully saturated rings. The molecule has 1 aliphatic carbocycles. The number of aromatic hydroxyl groups is 1. The highest BCUT2D eigenvalue weighted by Gasteiger charge is 2.28. The molecule has 2 N–H and O–H groups in total. The third-order valence-corrected chi connectivity index (χ3v) is 3.23. The van der Waals surface area contributed by atoms with E-state index in [1.807, 2.05) is 0 Å². The van der Waals surface area contributed by atoms with Gasteiger partial charge in [-0.2, -0.15) is 0 Å². The summed E-state index contributed by atoms with van der Waals surface area (Å²) in [6.07, 6.45) is 2.42. The van der Waals surface area contributed by atoms with Crippen molar-refractivity contribution in [2.45, 2.75) is 19.8 Å². The molecule has 4 heteroatoms. The summed E-state index contributed by atoms with van der Waals surface area (Å²) in [5.74, 6) is -0.464. The fraction of sp³-hybridized carbons (Fsp3) is 0.462. The topological polar surface area (TPSA) is 49.3 Å². The Morgan fingerprint density at radius 2 is 2.29 bits per heavy atom. The molecule has 0 bridgehead atoms. The summed E-state index contributed by atoms with van der Waals surface area (Å²) in [4.78, 5) is 11.7. The fourth-order valence-electron chi connectivity index (χ4n) is 1.91. The minimum Gasteiger partial charge on any atom is -0.507 e. The van der Waals surface area contributed by atoms with Crippen LogP contribution in [0.4, 0.5) is 4.39 Å². The number of carbonyl (C=O) groups is 1. The average Bonchev–Trinajstić information content (AvgIpc) is 3.09. The molecule has 0 heterocycles. The number of carbonyl (C=O) groups excluding carboxylic acids is 1. The maximum atomic E-state index is 13.4. The summed E-state index contributed by atoms with van der Waals surface area (Å²) in [7, 11) is 0. The van der Waals surface area contributed by atoms with Crippen molar-refractivity contribution < 1.29 is 14.3 Å². The van der Waals surface area contributed by atoms with Crippen LogP contribution >= 0.6 is 0 Å². The van der Waals surface area contributed by atoms with E-state index in [4.69, 9.17) is 0 Å². The van der Waals surface area contributed by atoms with Crippen LogP contribution in [0.1, 0.15) is 30.1 Å². The lowest BCUT2D eigenvalue weighted by Crippen LogP contribution is -2.29. The van der Waals surface area contributed by atoms with Gasteiger partial charge < -0.3 is 10.4 Å². The molecule has 1 aliphatic rings. The van der Waals surface area contributed by atoms with Crippen LogP contribution in [0.15, 0.2) is 18.2 Å². The molecule has 92 valence electrons. The first-order valence-corrected chi connectivity index (χ1v) is 5.85. The van der Waals surface area contributed by atoms with Gasteiger partial charge in [0.1, 0.15) is 17.1 Å². The second kappa shape index (κ2) is 4.73. The van der Waals surface area contributed by atoms with Gasteiger partial charge in [0, 0.05) is 6.54 Å². The lowest BCUT2D eigenvalue weighted by Gasteiger charge is -2.12. The summed E-state index contributed by atoms with van der Waals surface area (Å²) in [6, 6.07) is 3.84. The number of nitrogens with one attached hydrogen (secondary N) is 1. The first kappa shape index (κ1) is 11.9. The molecule has 1 unspecified atom stereocenters. The Morgan fingerprint density at radius 3 is 2.88 bits per heavy atom. The molecule has 2 rings (SSSR count). The fourth-order valence-corrected chi connectivity index (χ4v) is 1.91. The summed E-state index contributed by atoms with van der Waals surface area (Å²) < 4.78 is 13.4. The highest BCUT2D eigenvalue weighted by Crippen LogP contribution is 2.36. The Bertz CT molecular complexity index is 409. The van der Waals surface area contributed by atoms with Gasteiger partial charge in [0.25, 0.3) is 5.91 Å². The van der Waals surface area contributed by atoms with Crippen LogP contribution in [-0.2, 0) is 0 Å². The second-order valence-corrected chi connectivity index (χ2v) is 4.66. The number of rotatable bonds is 4. The number of phenols is 1. The van der Waals surface area contributed by atoms with Crippen LogP contribution in [0.3, 0.4) is 0 Å². The van der Waals surface area contributed by atoms with E-state index in [0.717, 1.165) is 0 Å². The normalized spacial score (nSPS) is 16.6. The monoisotopic (exact) mass is 237 g/mol. The van der Waals surface area contributed by atoms with Crippen LogP contribution in [0.2, 0.25) is 0 Å². The Morgan fingerprint density at radius 1 is 1.59 bits per heavy atom. The molecule has 0 aromatic heterocycles. The van der Waals surface area contributed by atoms with Crippen molar-refractivity contribution in [2.75, 3.05) is 6.54 Å². The van der Waals surface area contributed by atoms with Crippen molar-refractivity contribution >= 4 is 5.91 Å². The number of benzene rings is 1. The van der Waals surface area contributed by atoms with E-state index in [0.29, 0.717) is 18.4 Å². The van der Waals surface area contributed by atoms with E-state index >= 15 is 0 Å². The van der Waals surface area contributed by atoms with Gasteiger partial charge in [0.05, 0.1) is 0 Å². The van der Waals surface area contributed by atoms with E-state index in [2.05, 4.69) is 12.2 Å². The zero-order chi connectivity index (χ0) is 12.4. The third kappa shape index (κ3) is 2.75. The number of amides is 1. The van der Waals surface area contributed by atoms with Crippen molar-refractivity contribution in [1.82, 2.24) is 5.32 Å². The minimum atomic E-state index is -0.693. The zero-order valence-corrected chi connectivity index (χ0v) is 9.74. The Kier molecular flexibility index (Phi) is 3.31. The predicted octanol–water partition coefficient (Wildman–Crippen LogP) is 2.31. The first-order valence-electron chi connectivity index (χ1n) is 5.85. The molecule has 0 aliphatic heterocycles. The summed E-state index contributed by atoms with van der Waals surface area (Å²) in [5, 5.41) is 12.1. The molecule has 17 heavy (non-hydrogen) atoms. The largest absolute Gasteiger partial charge is 0.507 e. The van der Waals surface area contributed by atoms with Gasteiger partial charge >= 0.3 is 0 Å². The van der Waals surface area contributed by atoms with Crippen molar-refractivity contribution in [2.24, 2.45) is 11.8 Å². The van der Waals surface area contributed by atoms with Crippen LogP contribution in [0.25, 0.3) is 0 Å². The predicted molar refractivity (Wildman–Crippen MR) is 62.3 cm³/mol. The van der Waals surface area contributed by atoms with E-state index in [1.165, 1.54) is 31.0 Å². The van der Waals surface area contributed by atoms with Crippen molar-refractivity contribution in [3.05, 3.63) is 29.6 Å². The summed E-state index contributed by atoms with van der Waals surface area (Å²) in [5.41, 5.74) is -0.268. The SMILES string of the molecule is CC(CNC(=O)c1c(O)cccc1F)C1CC1. The summed E-state index contributed by atoms with van der Waals surface area (Å²) >= 11 is 0. The smallest absolute Gasteiger partial charge is 0.258 e. The molecule has 1 atom stereocenters. The summed E-state index contributed by atoms with van der Waals surface area (Å²) in [6.45, 7) is 2.59. The van der Waals surface area contributed by atoms with Gasteiger partial charge in [-0.25, -0.2) is 4.39 Å². The van der Waals surface area contributed by atoms with Crippen LogP contribution in [0, 0.1) is 17.7 Å².